The van der Waals surface area contributed by atoms with Gasteiger partial charge in [-0.2, -0.15) is 13.2 Å². The third-order valence-electron chi connectivity index (χ3n) is 4.33. The van der Waals surface area contributed by atoms with Crippen LogP contribution in [0, 0.1) is 0 Å². The first-order chi connectivity index (χ1) is 14.1. The Bertz CT molecular complexity index is 1090. The van der Waals surface area contributed by atoms with Crippen LogP contribution in [0.4, 0.5) is 18.9 Å². The van der Waals surface area contributed by atoms with Crippen molar-refractivity contribution in [2.75, 3.05) is 11.9 Å². The van der Waals surface area contributed by atoms with Crippen molar-refractivity contribution in [1.82, 2.24) is 14.9 Å². The first-order valence-corrected chi connectivity index (χ1v) is 8.66. The van der Waals surface area contributed by atoms with Crippen LogP contribution in [0.25, 0.3) is 11.0 Å². The summed E-state index contributed by atoms with van der Waals surface area (Å²) in [7, 11) is 1.23. The van der Waals surface area contributed by atoms with E-state index in [0.717, 1.165) is 4.57 Å². The molecule has 0 fully saturated rings. The molecule has 1 atom stereocenters. The second kappa shape index (κ2) is 8.03. The number of aromatic hydroxyl groups is 1. The van der Waals surface area contributed by atoms with Gasteiger partial charge in [-0.3, -0.25) is 9.59 Å². The van der Waals surface area contributed by atoms with Gasteiger partial charge < -0.3 is 25.4 Å². The molecule has 4 N–H and O–H groups in total. The SMILES string of the molecule is Cn1c(C(F)(F)F)nc2cc(NC(=O)C(=O)NC[C@H](O)c3ccc(O)cc3)ccc21. The predicted octanol–water partition coefficient (Wildman–Crippen LogP) is 2.09. The Morgan fingerprint density at radius 1 is 1.13 bits per heavy atom. The number of fused-ring (bicyclic) bond motifs is 1. The summed E-state index contributed by atoms with van der Waals surface area (Å²) in [5, 5.41) is 23.8. The molecule has 30 heavy (non-hydrogen) atoms. The Hall–Kier alpha value is -3.60. The fourth-order valence-corrected chi connectivity index (χ4v) is 2.80. The van der Waals surface area contributed by atoms with E-state index in [2.05, 4.69) is 15.6 Å². The monoisotopic (exact) mass is 422 g/mol. The summed E-state index contributed by atoms with van der Waals surface area (Å²) in [6.07, 6.45) is -5.73. The molecule has 8 nitrogen and oxygen atoms in total. The second-order valence-electron chi connectivity index (χ2n) is 6.47. The van der Waals surface area contributed by atoms with E-state index in [1.165, 1.54) is 49.5 Å². The van der Waals surface area contributed by atoms with Gasteiger partial charge in [0.25, 0.3) is 0 Å². The van der Waals surface area contributed by atoms with Crippen LogP contribution in [0.15, 0.2) is 42.5 Å². The molecule has 0 unspecified atom stereocenters. The molecule has 2 amide bonds. The number of aromatic nitrogens is 2. The Morgan fingerprint density at radius 3 is 2.43 bits per heavy atom. The first kappa shape index (κ1) is 21.1. The molecule has 11 heteroatoms. The lowest BCUT2D eigenvalue weighted by Crippen LogP contribution is -2.37. The van der Waals surface area contributed by atoms with Crippen molar-refractivity contribution >= 4 is 28.5 Å². The highest BCUT2D eigenvalue weighted by Gasteiger charge is 2.36. The van der Waals surface area contributed by atoms with Gasteiger partial charge in [0, 0.05) is 19.3 Å². The molecular formula is C19H17F3N4O4. The van der Waals surface area contributed by atoms with Crippen LogP contribution >= 0.6 is 0 Å². The topological polar surface area (TPSA) is 116 Å². The number of nitrogens with one attached hydrogen (secondary N) is 2. The molecule has 0 radical (unpaired) electrons. The molecule has 3 rings (SSSR count). The van der Waals surface area contributed by atoms with Crippen LogP contribution in [-0.2, 0) is 22.8 Å². The van der Waals surface area contributed by atoms with Gasteiger partial charge in [-0.1, -0.05) is 12.1 Å². The normalized spacial score (nSPS) is 12.6. The highest BCUT2D eigenvalue weighted by atomic mass is 19.4. The molecular weight excluding hydrogens is 405 g/mol. The number of hydrogen-bond donors (Lipinski definition) is 4. The van der Waals surface area contributed by atoms with Crippen LogP contribution in [0.3, 0.4) is 0 Å². The van der Waals surface area contributed by atoms with E-state index in [0.29, 0.717) is 5.56 Å². The maximum Gasteiger partial charge on any atom is 0.449 e. The van der Waals surface area contributed by atoms with Crippen molar-refractivity contribution < 1.29 is 33.0 Å². The molecule has 0 bridgehead atoms. The molecule has 0 aliphatic carbocycles. The van der Waals surface area contributed by atoms with Crippen LogP contribution < -0.4 is 10.6 Å². The minimum Gasteiger partial charge on any atom is -0.508 e. The van der Waals surface area contributed by atoms with Gasteiger partial charge in [-0.25, -0.2) is 4.98 Å². The molecule has 0 saturated carbocycles. The van der Waals surface area contributed by atoms with Gasteiger partial charge in [0.05, 0.1) is 17.1 Å². The molecule has 1 aromatic heterocycles. The average Bonchev–Trinajstić information content (AvgIpc) is 3.02. The Kier molecular flexibility index (Phi) is 5.65. The minimum atomic E-state index is -4.63. The number of aryl methyl sites for hydroxylation is 1. The number of rotatable bonds is 4. The lowest BCUT2D eigenvalue weighted by Gasteiger charge is -2.12. The van der Waals surface area contributed by atoms with Crippen LogP contribution in [0.5, 0.6) is 5.75 Å². The third kappa shape index (κ3) is 4.51. The fraction of sp³-hybridized carbons (Fsp3) is 0.211. The lowest BCUT2D eigenvalue weighted by atomic mass is 10.1. The number of nitrogens with zero attached hydrogens (tertiary/aromatic N) is 2. The maximum atomic E-state index is 13.0. The van der Waals surface area contributed by atoms with Crippen LogP contribution in [0.1, 0.15) is 17.5 Å². The molecule has 0 aliphatic rings. The maximum absolute atomic E-state index is 13.0. The van der Waals surface area contributed by atoms with Gasteiger partial charge in [0.2, 0.25) is 5.82 Å². The van der Waals surface area contributed by atoms with Gasteiger partial charge in [-0.15, -0.1) is 0 Å². The van der Waals surface area contributed by atoms with Crippen molar-refractivity contribution in [1.29, 1.82) is 0 Å². The van der Waals surface area contributed by atoms with Crippen molar-refractivity contribution in [2.45, 2.75) is 12.3 Å². The molecule has 158 valence electrons. The van der Waals surface area contributed by atoms with E-state index in [9.17, 15) is 33.0 Å². The molecule has 0 aliphatic heterocycles. The smallest absolute Gasteiger partial charge is 0.449 e. The molecule has 2 aromatic carbocycles. The Labute approximate surface area is 168 Å². The van der Waals surface area contributed by atoms with Gasteiger partial charge in [0.1, 0.15) is 5.75 Å². The van der Waals surface area contributed by atoms with E-state index in [4.69, 9.17) is 0 Å². The van der Waals surface area contributed by atoms with Gasteiger partial charge in [-0.05, 0) is 35.9 Å². The summed E-state index contributed by atoms with van der Waals surface area (Å²) < 4.78 is 39.8. The third-order valence-corrected chi connectivity index (χ3v) is 4.33. The summed E-state index contributed by atoms with van der Waals surface area (Å²) in [5.74, 6) is -3.16. The number of alkyl halides is 3. The number of hydrogen-bond acceptors (Lipinski definition) is 5. The number of anilines is 1. The molecule has 3 aromatic rings. The summed E-state index contributed by atoms with van der Waals surface area (Å²) >= 11 is 0. The van der Waals surface area contributed by atoms with Gasteiger partial charge >= 0.3 is 18.0 Å². The number of amides is 2. The highest BCUT2D eigenvalue weighted by molar-refractivity contribution is 6.39. The number of phenols is 1. The Balaban J connectivity index is 1.64. The van der Waals surface area contributed by atoms with Crippen molar-refractivity contribution in [3.63, 3.8) is 0 Å². The van der Waals surface area contributed by atoms with Crippen molar-refractivity contribution in [3.05, 3.63) is 53.9 Å². The molecule has 1 heterocycles. The number of imidazole rings is 1. The number of carbonyl (C=O) groups excluding carboxylic acids is 2. The fourth-order valence-electron chi connectivity index (χ4n) is 2.80. The zero-order chi connectivity index (χ0) is 22.1. The van der Waals surface area contributed by atoms with E-state index in [-0.39, 0.29) is 29.0 Å². The number of phenolic OH excluding ortho intramolecular Hbond substituents is 1. The number of aliphatic hydroxyl groups excluding tert-OH is 1. The van der Waals surface area contributed by atoms with E-state index >= 15 is 0 Å². The predicted molar refractivity (Wildman–Crippen MR) is 100 cm³/mol. The van der Waals surface area contributed by atoms with Gasteiger partial charge in [0.15, 0.2) is 0 Å². The summed E-state index contributed by atoms with van der Waals surface area (Å²) in [5.41, 5.74) is 0.732. The summed E-state index contributed by atoms with van der Waals surface area (Å²) in [4.78, 5) is 27.5. The van der Waals surface area contributed by atoms with E-state index in [1.54, 1.807) is 0 Å². The van der Waals surface area contributed by atoms with Crippen LogP contribution in [0.2, 0.25) is 0 Å². The highest BCUT2D eigenvalue weighted by Crippen LogP contribution is 2.31. The number of carbonyl (C=O) groups is 2. The van der Waals surface area contributed by atoms with Crippen molar-refractivity contribution in [2.24, 2.45) is 7.05 Å². The standard InChI is InChI=1S/C19H17F3N4O4/c1-26-14-7-4-11(8-13(14)25-18(26)19(20,21)22)24-17(30)16(29)23-9-15(28)10-2-5-12(27)6-3-10/h2-8,15,27-28H,9H2,1H3,(H,23,29)(H,24,30)/t15-/m0/s1. The lowest BCUT2D eigenvalue weighted by molar-refractivity contribution is -0.146. The van der Waals surface area contributed by atoms with Crippen molar-refractivity contribution in [3.8, 4) is 5.75 Å². The van der Waals surface area contributed by atoms with Crippen LogP contribution in [-0.4, -0.2) is 38.1 Å². The molecule has 0 saturated heterocycles. The largest absolute Gasteiger partial charge is 0.508 e. The first-order valence-electron chi connectivity index (χ1n) is 8.66. The second-order valence-corrected chi connectivity index (χ2v) is 6.47. The van der Waals surface area contributed by atoms with E-state index < -0.39 is 29.9 Å². The summed E-state index contributed by atoms with van der Waals surface area (Å²) in [6, 6.07) is 9.57. The average molecular weight is 422 g/mol. The quantitative estimate of drug-likeness (QED) is 0.481. The van der Waals surface area contributed by atoms with E-state index in [1.807, 2.05) is 0 Å². The zero-order valence-electron chi connectivity index (χ0n) is 15.6. The zero-order valence-corrected chi connectivity index (χ0v) is 15.6. The number of aliphatic hydroxyl groups is 1. The minimum absolute atomic E-state index is 0.00536. The number of halogens is 3. The Morgan fingerprint density at radius 2 is 1.80 bits per heavy atom. The summed E-state index contributed by atoms with van der Waals surface area (Å²) in [6.45, 7) is -0.259. The molecule has 0 spiro atoms. The number of benzene rings is 2.